The number of carbonyl (C=O) groups is 2. The van der Waals surface area contributed by atoms with Crippen molar-refractivity contribution < 1.29 is 19.2 Å². The SMILES string of the molecule is COc1cccc([C@@]2(C)NC(=O)N(C[NH+]3CCc4ccccc4C3)C2=O)c1. The molecule has 6 heteroatoms. The molecule has 2 heterocycles. The topological polar surface area (TPSA) is 63.1 Å². The van der Waals surface area contributed by atoms with Crippen molar-refractivity contribution in [2.45, 2.75) is 25.4 Å². The zero-order valence-corrected chi connectivity index (χ0v) is 15.6. The lowest BCUT2D eigenvalue weighted by Gasteiger charge is -2.28. The van der Waals surface area contributed by atoms with E-state index in [0.717, 1.165) is 25.1 Å². The molecule has 1 unspecified atom stereocenters. The first-order chi connectivity index (χ1) is 13.0. The Balaban J connectivity index is 1.53. The minimum atomic E-state index is -1.07. The third kappa shape index (κ3) is 3.06. The number of hydrogen-bond acceptors (Lipinski definition) is 3. The number of hydrogen-bond donors (Lipinski definition) is 2. The fraction of sp³-hybridized carbons (Fsp3) is 0.333. The smallest absolute Gasteiger partial charge is 0.329 e. The van der Waals surface area contributed by atoms with E-state index in [1.54, 1.807) is 20.1 Å². The van der Waals surface area contributed by atoms with Gasteiger partial charge in [-0.2, -0.15) is 0 Å². The average molecular weight is 366 g/mol. The third-order valence-corrected chi connectivity index (χ3v) is 5.61. The molecule has 2 aliphatic heterocycles. The highest BCUT2D eigenvalue weighted by Crippen LogP contribution is 2.30. The van der Waals surface area contributed by atoms with Crippen LogP contribution in [0.2, 0.25) is 0 Å². The summed E-state index contributed by atoms with van der Waals surface area (Å²) in [5, 5.41) is 2.88. The van der Waals surface area contributed by atoms with Gasteiger partial charge in [0.15, 0.2) is 6.67 Å². The third-order valence-electron chi connectivity index (χ3n) is 5.61. The van der Waals surface area contributed by atoms with Gasteiger partial charge in [0.25, 0.3) is 5.91 Å². The molecule has 0 bridgehead atoms. The molecule has 2 aliphatic rings. The molecule has 1 fully saturated rings. The number of urea groups is 1. The van der Waals surface area contributed by atoms with Gasteiger partial charge in [-0.05, 0) is 30.2 Å². The zero-order chi connectivity index (χ0) is 19.0. The Morgan fingerprint density at radius 3 is 2.70 bits per heavy atom. The van der Waals surface area contributed by atoms with Gasteiger partial charge in [0.05, 0.1) is 13.7 Å². The van der Waals surface area contributed by atoms with E-state index in [9.17, 15) is 9.59 Å². The van der Waals surface area contributed by atoms with E-state index < -0.39 is 5.54 Å². The van der Waals surface area contributed by atoms with Crippen LogP contribution in [0, 0.1) is 0 Å². The molecular weight excluding hydrogens is 342 g/mol. The van der Waals surface area contributed by atoms with Gasteiger partial charge in [-0.3, -0.25) is 4.79 Å². The zero-order valence-electron chi connectivity index (χ0n) is 15.6. The van der Waals surface area contributed by atoms with Gasteiger partial charge in [0, 0.05) is 12.0 Å². The Morgan fingerprint density at radius 2 is 1.93 bits per heavy atom. The Bertz CT molecular complexity index is 898. The molecule has 27 heavy (non-hydrogen) atoms. The summed E-state index contributed by atoms with van der Waals surface area (Å²) in [6.45, 7) is 3.86. The number of benzene rings is 2. The second-order valence-corrected chi connectivity index (χ2v) is 7.37. The lowest BCUT2D eigenvalue weighted by molar-refractivity contribution is -0.923. The number of rotatable bonds is 4. The van der Waals surface area contributed by atoms with E-state index >= 15 is 0 Å². The monoisotopic (exact) mass is 366 g/mol. The standard InChI is InChI=1S/C21H23N3O3/c1-21(17-8-5-9-18(12-17)27-2)19(25)24(20(26)22-21)14-23-11-10-15-6-3-4-7-16(15)13-23/h3-9,12H,10-11,13-14H2,1-2H3,(H,22,26)/p+1/t21-/m1/s1. The predicted octanol–water partition coefficient (Wildman–Crippen LogP) is 1.06. The fourth-order valence-corrected chi connectivity index (χ4v) is 3.97. The van der Waals surface area contributed by atoms with Crippen molar-refractivity contribution in [3.63, 3.8) is 0 Å². The molecule has 0 aromatic heterocycles. The van der Waals surface area contributed by atoms with Gasteiger partial charge in [-0.25, -0.2) is 9.69 Å². The maximum atomic E-state index is 13.1. The van der Waals surface area contributed by atoms with Gasteiger partial charge in [-0.1, -0.05) is 36.4 Å². The van der Waals surface area contributed by atoms with Crippen LogP contribution >= 0.6 is 0 Å². The van der Waals surface area contributed by atoms with Crippen LogP contribution in [0.25, 0.3) is 0 Å². The highest BCUT2D eigenvalue weighted by molar-refractivity contribution is 6.07. The van der Waals surface area contributed by atoms with Gasteiger partial charge < -0.3 is 15.0 Å². The fourth-order valence-electron chi connectivity index (χ4n) is 3.97. The minimum absolute atomic E-state index is 0.216. The first-order valence-electron chi connectivity index (χ1n) is 9.20. The van der Waals surface area contributed by atoms with Crippen LogP contribution in [0.15, 0.2) is 48.5 Å². The van der Waals surface area contributed by atoms with Crippen LogP contribution in [0.3, 0.4) is 0 Å². The van der Waals surface area contributed by atoms with E-state index in [0.29, 0.717) is 12.4 Å². The normalized spacial score (nSPS) is 24.5. The van der Waals surface area contributed by atoms with E-state index in [-0.39, 0.29) is 11.9 Å². The molecule has 0 spiro atoms. The molecule has 140 valence electrons. The summed E-state index contributed by atoms with van der Waals surface area (Å²) in [4.78, 5) is 28.3. The molecule has 0 radical (unpaired) electrons. The molecule has 2 N–H and O–H groups in total. The molecule has 6 nitrogen and oxygen atoms in total. The van der Waals surface area contributed by atoms with Crippen molar-refractivity contribution >= 4 is 11.9 Å². The van der Waals surface area contributed by atoms with Gasteiger partial charge in [0.1, 0.15) is 17.8 Å². The van der Waals surface area contributed by atoms with Crippen molar-refractivity contribution in [2.24, 2.45) is 0 Å². The molecule has 2 aromatic rings. The highest BCUT2D eigenvalue weighted by atomic mass is 16.5. The molecule has 3 amide bonds. The first-order valence-corrected chi connectivity index (χ1v) is 9.20. The van der Waals surface area contributed by atoms with Crippen LogP contribution in [0.1, 0.15) is 23.6 Å². The summed E-state index contributed by atoms with van der Waals surface area (Å²) >= 11 is 0. The van der Waals surface area contributed by atoms with Gasteiger partial charge in [-0.15, -0.1) is 0 Å². The summed E-state index contributed by atoms with van der Waals surface area (Å²) in [5.74, 6) is 0.444. The minimum Gasteiger partial charge on any atom is -0.497 e. The van der Waals surface area contributed by atoms with Crippen LogP contribution in [-0.2, 0) is 23.3 Å². The maximum Gasteiger partial charge on any atom is 0.329 e. The highest BCUT2D eigenvalue weighted by Gasteiger charge is 2.50. The van der Waals surface area contributed by atoms with Crippen LogP contribution in [-0.4, -0.2) is 37.2 Å². The Morgan fingerprint density at radius 1 is 1.15 bits per heavy atom. The number of nitrogens with zero attached hydrogens (tertiary/aromatic N) is 1. The second kappa shape index (κ2) is 6.70. The lowest BCUT2D eigenvalue weighted by atomic mass is 9.92. The number of quaternary nitrogens is 1. The Labute approximate surface area is 158 Å². The second-order valence-electron chi connectivity index (χ2n) is 7.37. The number of carbonyl (C=O) groups excluding carboxylic acids is 2. The number of imide groups is 1. The van der Waals surface area contributed by atoms with E-state index in [1.165, 1.54) is 20.9 Å². The molecular formula is C21H24N3O3+. The summed E-state index contributed by atoms with van der Waals surface area (Å²) < 4.78 is 5.26. The van der Waals surface area contributed by atoms with Gasteiger partial charge >= 0.3 is 6.03 Å². The predicted molar refractivity (Wildman–Crippen MR) is 100 cm³/mol. The largest absolute Gasteiger partial charge is 0.497 e. The van der Waals surface area contributed by atoms with Crippen LogP contribution in [0.4, 0.5) is 4.79 Å². The first kappa shape index (κ1) is 17.5. The summed E-state index contributed by atoms with van der Waals surface area (Å²) in [7, 11) is 1.58. The summed E-state index contributed by atoms with van der Waals surface area (Å²) in [6.07, 6.45) is 0.961. The molecule has 4 rings (SSSR count). The number of methoxy groups -OCH3 is 1. The molecule has 2 aromatic carbocycles. The Kier molecular flexibility index (Phi) is 4.36. The number of fused-ring (bicyclic) bond motifs is 1. The van der Waals surface area contributed by atoms with Crippen molar-refractivity contribution in [2.75, 3.05) is 20.3 Å². The Hall–Kier alpha value is -2.86. The molecule has 0 aliphatic carbocycles. The van der Waals surface area contributed by atoms with Crippen molar-refractivity contribution in [1.82, 2.24) is 10.2 Å². The van der Waals surface area contributed by atoms with E-state index in [1.807, 2.05) is 24.3 Å². The van der Waals surface area contributed by atoms with Gasteiger partial charge in [0.2, 0.25) is 0 Å². The summed E-state index contributed by atoms with van der Waals surface area (Å²) in [6, 6.07) is 15.3. The van der Waals surface area contributed by atoms with Crippen LogP contribution < -0.4 is 15.0 Å². The van der Waals surface area contributed by atoms with E-state index in [2.05, 4.69) is 23.5 Å². The van der Waals surface area contributed by atoms with Crippen LogP contribution in [0.5, 0.6) is 5.75 Å². The van der Waals surface area contributed by atoms with Crippen molar-refractivity contribution in [1.29, 1.82) is 0 Å². The van der Waals surface area contributed by atoms with Crippen molar-refractivity contribution in [3.05, 3.63) is 65.2 Å². The molecule has 0 saturated carbocycles. The number of nitrogens with one attached hydrogen (secondary N) is 2. The lowest BCUT2D eigenvalue weighted by Crippen LogP contribution is -3.13. The molecule has 2 atom stereocenters. The molecule has 1 saturated heterocycles. The van der Waals surface area contributed by atoms with E-state index in [4.69, 9.17) is 4.74 Å². The number of amides is 3. The van der Waals surface area contributed by atoms with Crippen molar-refractivity contribution in [3.8, 4) is 5.75 Å². The quantitative estimate of drug-likeness (QED) is 0.796. The average Bonchev–Trinajstić information content (AvgIpc) is 2.92. The maximum absolute atomic E-state index is 13.1. The summed E-state index contributed by atoms with van der Waals surface area (Å²) in [5.41, 5.74) is 2.31. The number of ether oxygens (including phenoxy) is 1.